The van der Waals surface area contributed by atoms with Crippen molar-refractivity contribution in [3.8, 4) is 0 Å². The van der Waals surface area contributed by atoms with E-state index in [2.05, 4.69) is 20.9 Å². The van der Waals surface area contributed by atoms with Crippen molar-refractivity contribution < 1.29 is 9.31 Å². The molecule has 58 valence electrons. The second kappa shape index (κ2) is 2.91. The van der Waals surface area contributed by atoms with Gasteiger partial charge in [-0.3, -0.25) is 15.1 Å². The molecule has 1 rings (SSSR count). The first-order valence-electron chi connectivity index (χ1n) is 2.56. The van der Waals surface area contributed by atoms with Gasteiger partial charge in [-0.15, -0.1) is 0 Å². The fourth-order valence-electron chi connectivity index (χ4n) is 0.579. The van der Waals surface area contributed by atoms with Crippen molar-refractivity contribution in [1.29, 1.82) is 0 Å². The SMILES string of the molecule is O=[N+]([O-])c1c(F)cncc1Br. The largest absolute Gasteiger partial charge is 0.322 e. The van der Waals surface area contributed by atoms with Crippen LogP contribution in [-0.2, 0) is 0 Å². The summed E-state index contributed by atoms with van der Waals surface area (Å²) in [6.07, 6.45) is 1.96. The van der Waals surface area contributed by atoms with Gasteiger partial charge in [0.15, 0.2) is 0 Å². The molecule has 1 aromatic heterocycles. The van der Waals surface area contributed by atoms with Gasteiger partial charge in [0.25, 0.3) is 0 Å². The Bertz CT molecular complexity index is 284. The number of nitrogens with zero attached hydrogens (tertiary/aromatic N) is 2. The molecule has 1 heterocycles. The lowest BCUT2D eigenvalue weighted by Gasteiger charge is -1.93. The highest BCUT2D eigenvalue weighted by molar-refractivity contribution is 9.10. The van der Waals surface area contributed by atoms with Gasteiger partial charge < -0.3 is 0 Å². The molecule has 0 radical (unpaired) electrons. The maximum atomic E-state index is 12.6. The summed E-state index contributed by atoms with van der Waals surface area (Å²) < 4.78 is 12.6. The lowest BCUT2D eigenvalue weighted by Crippen LogP contribution is -1.94. The lowest BCUT2D eigenvalue weighted by molar-refractivity contribution is -0.388. The standard InChI is InChI=1S/C5H2BrFN2O2/c6-3-1-8-2-4(7)5(3)9(10)11/h1-2H. The third-order valence-corrected chi connectivity index (χ3v) is 1.59. The van der Waals surface area contributed by atoms with Gasteiger partial charge >= 0.3 is 5.69 Å². The Morgan fingerprint density at radius 1 is 1.64 bits per heavy atom. The van der Waals surface area contributed by atoms with E-state index in [4.69, 9.17) is 0 Å². The highest BCUT2D eigenvalue weighted by atomic mass is 79.9. The van der Waals surface area contributed by atoms with Crippen LogP contribution in [-0.4, -0.2) is 9.91 Å². The summed E-state index contributed by atoms with van der Waals surface area (Å²) in [4.78, 5) is 12.7. The van der Waals surface area contributed by atoms with Crippen LogP contribution < -0.4 is 0 Å². The van der Waals surface area contributed by atoms with Crippen molar-refractivity contribution in [2.75, 3.05) is 0 Å². The van der Waals surface area contributed by atoms with Gasteiger partial charge in [0.1, 0.15) is 4.47 Å². The number of pyridine rings is 1. The summed E-state index contributed by atoms with van der Waals surface area (Å²) in [6.45, 7) is 0. The quantitative estimate of drug-likeness (QED) is 0.537. The van der Waals surface area contributed by atoms with E-state index in [9.17, 15) is 14.5 Å². The molecule has 0 aliphatic rings. The number of halogens is 2. The summed E-state index contributed by atoms with van der Waals surface area (Å²) in [5, 5.41) is 10.2. The van der Waals surface area contributed by atoms with Crippen LogP contribution in [0, 0.1) is 15.9 Å². The predicted octanol–water partition coefficient (Wildman–Crippen LogP) is 1.89. The van der Waals surface area contributed by atoms with Crippen molar-refractivity contribution >= 4 is 21.6 Å². The van der Waals surface area contributed by atoms with Crippen LogP contribution in [0.3, 0.4) is 0 Å². The van der Waals surface area contributed by atoms with Gasteiger partial charge in [-0.25, -0.2) is 0 Å². The van der Waals surface area contributed by atoms with Crippen LogP contribution in [0.1, 0.15) is 0 Å². The molecular formula is C5H2BrFN2O2. The monoisotopic (exact) mass is 220 g/mol. The second-order valence-electron chi connectivity index (χ2n) is 1.71. The minimum atomic E-state index is -0.940. The van der Waals surface area contributed by atoms with Crippen LogP contribution >= 0.6 is 15.9 Å². The maximum Gasteiger partial charge on any atom is 0.322 e. The van der Waals surface area contributed by atoms with Crippen molar-refractivity contribution in [3.63, 3.8) is 0 Å². The smallest absolute Gasteiger partial charge is 0.260 e. The molecule has 0 unspecified atom stereocenters. The molecule has 0 N–H and O–H groups in total. The summed E-state index contributed by atoms with van der Waals surface area (Å²) in [5.74, 6) is -0.940. The van der Waals surface area contributed by atoms with E-state index in [-0.39, 0.29) is 4.47 Å². The van der Waals surface area contributed by atoms with Gasteiger partial charge in [-0.05, 0) is 15.9 Å². The molecule has 6 heteroatoms. The zero-order valence-electron chi connectivity index (χ0n) is 5.12. The Hall–Kier alpha value is -1.04. The van der Waals surface area contributed by atoms with Crippen LogP contribution in [0.2, 0.25) is 0 Å². The fraction of sp³-hybridized carbons (Fsp3) is 0. The van der Waals surface area contributed by atoms with Crippen molar-refractivity contribution in [3.05, 3.63) is 32.8 Å². The molecule has 0 spiro atoms. The molecule has 0 atom stereocenters. The summed E-state index contributed by atoms with van der Waals surface area (Å²) in [7, 11) is 0. The number of hydrogen-bond donors (Lipinski definition) is 0. The third kappa shape index (κ3) is 1.51. The van der Waals surface area contributed by atoms with Crippen molar-refractivity contribution in [1.82, 2.24) is 4.98 Å². The summed E-state index contributed by atoms with van der Waals surface area (Å²) >= 11 is 2.80. The topological polar surface area (TPSA) is 56.0 Å². The van der Waals surface area contributed by atoms with Crippen LogP contribution in [0.15, 0.2) is 16.9 Å². The van der Waals surface area contributed by atoms with Gasteiger partial charge in [0.2, 0.25) is 5.82 Å². The molecule has 1 aromatic rings. The van der Waals surface area contributed by atoms with E-state index >= 15 is 0 Å². The van der Waals surface area contributed by atoms with E-state index in [0.29, 0.717) is 0 Å². The third-order valence-electron chi connectivity index (χ3n) is 1.01. The molecule has 11 heavy (non-hydrogen) atoms. The van der Waals surface area contributed by atoms with Gasteiger partial charge in [-0.1, -0.05) is 0 Å². The molecule has 0 aliphatic carbocycles. The zero-order valence-corrected chi connectivity index (χ0v) is 6.71. The highest BCUT2D eigenvalue weighted by Gasteiger charge is 2.17. The Kier molecular flexibility index (Phi) is 2.13. The van der Waals surface area contributed by atoms with E-state index in [1.807, 2.05) is 0 Å². The molecule has 4 nitrogen and oxygen atoms in total. The minimum absolute atomic E-state index is 0.0440. The lowest BCUT2D eigenvalue weighted by atomic mass is 10.4. The van der Waals surface area contributed by atoms with Gasteiger partial charge in [0.05, 0.1) is 11.1 Å². The van der Waals surface area contributed by atoms with Crippen LogP contribution in [0.25, 0.3) is 0 Å². The minimum Gasteiger partial charge on any atom is -0.260 e. The zero-order chi connectivity index (χ0) is 8.43. The molecule has 0 aromatic carbocycles. The second-order valence-corrected chi connectivity index (χ2v) is 2.56. The van der Waals surface area contributed by atoms with Gasteiger partial charge in [-0.2, -0.15) is 4.39 Å². The molecule has 0 bridgehead atoms. The van der Waals surface area contributed by atoms with Crippen LogP contribution in [0.5, 0.6) is 0 Å². The maximum absolute atomic E-state index is 12.6. The highest BCUT2D eigenvalue weighted by Crippen LogP contribution is 2.25. The Labute approximate surface area is 69.3 Å². The Balaban J connectivity index is 3.32. The van der Waals surface area contributed by atoms with E-state index in [1.54, 1.807) is 0 Å². The molecular weight excluding hydrogens is 219 g/mol. The van der Waals surface area contributed by atoms with E-state index in [0.717, 1.165) is 6.20 Å². The average molecular weight is 221 g/mol. The van der Waals surface area contributed by atoms with Crippen molar-refractivity contribution in [2.24, 2.45) is 0 Å². The van der Waals surface area contributed by atoms with Crippen LogP contribution in [0.4, 0.5) is 10.1 Å². The Morgan fingerprint density at radius 2 is 2.27 bits per heavy atom. The number of rotatable bonds is 1. The molecule has 0 saturated heterocycles. The number of aromatic nitrogens is 1. The molecule has 0 aliphatic heterocycles. The molecule has 0 fully saturated rings. The van der Waals surface area contributed by atoms with Crippen molar-refractivity contribution in [2.45, 2.75) is 0 Å². The summed E-state index contributed by atoms with van der Waals surface area (Å²) in [5.41, 5.74) is -0.583. The first-order valence-corrected chi connectivity index (χ1v) is 3.35. The molecule has 0 saturated carbocycles. The first-order chi connectivity index (χ1) is 5.13. The number of nitro groups is 1. The van der Waals surface area contributed by atoms with Gasteiger partial charge in [0, 0.05) is 6.20 Å². The predicted molar refractivity (Wildman–Crippen MR) is 38.5 cm³/mol. The fourth-order valence-corrected chi connectivity index (χ4v) is 1.03. The van der Waals surface area contributed by atoms with E-state index in [1.165, 1.54) is 6.20 Å². The normalized spacial score (nSPS) is 9.64. The van der Waals surface area contributed by atoms with E-state index < -0.39 is 16.4 Å². The summed E-state index contributed by atoms with van der Waals surface area (Å²) in [6, 6.07) is 0. The number of hydrogen-bond acceptors (Lipinski definition) is 3. The Morgan fingerprint density at radius 3 is 2.64 bits per heavy atom. The first kappa shape index (κ1) is 8.06. The average Bonchev–Trinajstić information content (AvgIpc) is 1.85. The molecule has 0 amide bonds.